The quantitative estimate of drug-likeness (QED) is 0.525. The number of alkyl halides is 1. The molecule has 36 heavy (non-hydrogen) atoms. The first-order valence-corrected chi connectivity index (χ1v) is 12.7. The number of carbonyl (C=O) groups is 3. The number of nitrogens with zero attached hydrogens (tertiary/aromatic N) is 1. The molecule has 0 radical (unpaired) electrons. The predicted molar refractivity (Wildman–Crippen MR) is 134 cm³/mol. The van der Waals surface area contributed by atoms with Crippen LogP contribution in [0.4, 0.5) is 4.39 Å². The largest absolute Gasteiger partial charge is 0.350 e. The van der Waals surface area contributed by atoms with E-state index in [4.69, 9.17) is 0 Å². The van der Waals surface area contributed by atoms with Crippen molar-refractivity contribution in [1.29, 1.82) is 0 Å². The average Bonchev–Trinajstić information content (AvgIpc) is 3.43. The summed E-state index contributed by atoms with van der Waals surface area (Å²) < 4.78 is 13.5. The third kappa shape index (κ3) is 6.86. The molecule has 3 aliphatic rings. The maximum absolute atomic E-state index is 13.5. The highest BCUT2D eigenvalue weighted by Gasteiger charge is 2.41. The van der Waals surface area contributed by atoms with Crippen LogP contribution in [0.3, 0.4) is 0 Å². The number of benzene rings is 1. The van der Waals surface area contributed by atoms with Gasteiger partial charge >= 0.3 is 0 Å². The molecule has 2 heterocycles. The molecule has 0 unspecified atom stereocenters. The Morgan fingerprint density at radius 2 is 1.86 bits per heavy atom. The molecule has 3 fully saturated rings. The highest BCUT2D eigenvalue weighted by Crippen LogP contribution is 2.27. The van der Waals surface area contributed by atoms with Gasteiger partial charge in [-0.2, -0.15) is 0 Å². The van der Waals surface area contributed by atoms with Crippen LogP contribution in [-0.4, -0.2) is 60.0 Å². The second-order valence-electron chi connectivity index (χ2n) is 10.1. The minimum absolute atomic E-state index is 0.134. The van der Waals surface area contributed by atoms with Gasteiger partial charge in [-0.1, -0.05) is 37.8 Å². The van der Waals surface area contributed by atoms with E-state index in [1.165, 1.54) is 12.8 Å². The normalized spacial score (nSPS) is 24.9. The van der Waals surface area contributed by atoms with Gasteiger partial charge in [0.2, 0.25) is 17.7 Å². The van der Waals surface area contributed by atoms with E-state index in [9.17, 15) is 18.8 Å². The fraction of sp³-hybridized carbons (Fsp3) is 0.536. The molecule has 4 rings (SSSR count). The number of halogens is 1. The number of rotatable bonds is 6. The maximum atomic E-state index is 13.5. The van der Waals surface area contributed by atoms with Crippen molar-refractivity contribution in [2.45, 2.75) is 70.4 Å². The van der Waals surface area contributed by atoms with E-state index < -0.39 is 18.3 Å². The smallest absolute Gasteiger partial charge is 0.243 e. The second-order valence-corrected chi connectivity index (χ2v) is 10.1. The zero-order valence-corrected chi connectivity index (χ0v) is 20.8. The van der Waals surface area contributed by atoms with Gasteiger partial charge in [0.1, 0.15) is 12.2 Å². The van der Waals surface area contributed by atoms with Crippen LogP contribution < -0.4 is 16.0 Å². The van der Waals surface area contributed by atoms with Gasteiger partial charge in [0.25, 0.3) is 0 Å². The van der Waals surface area contributed by atoms with E-state index in [1.807, 2.05) is 24.3 Å². The molecule has 4 atom stereocenters. The van der Waals surface area contributed by atoms with E-state index >= 15 is 0 Å². The molecule has 7 nitrogen and oxygen atoms in total. The van der Waals surface area contributed by atoms with Crippen molar-refractivity contribution < 1.29 is 18.8 Å². The SMILES string of the molecule is CC(C)C(=O)N1C[C@H](NC(=O)[C@@H]2C[C@@H](F)CN2)C[C@@H]1C(=O)NCc1ccc(C#CC#CC2CC2)cc1. The van der Waals surface area contributed by atoms with Gasteiger partial charge in [-0.15, -0.1) is 0 Å². The van der Waals surface area contributed by atoms with Crippen molar-refractivity contribution in [2.24, 2.45) is 11.8 Å². The first kappa shape index (κ1) is 25.7. The highest BCUT2D eigenvalue weighted by atomic mass is 19.1. The number of nitrogens with one attached hydrogen (secondary N) is 3. The lowest BCUT2D eigenvalue weighted by molar-refractivity contribution is -0.140. The Bertz CT molecular complexity index is 1110. The van der Waals surface area contributed by atoms with E-state index in [-0.39, 0.29) is 49.2 Å². The lowest BCUT2D eigenvalue weighted by atomic mass is 10.1. The molecule has 8 heteroatoms. The molecule has 3 N–H and O–H groups in total. The van der Waals surface area contributed by atoms with Gasteiger partial charge in [-0.3, -0.25) is 14.4 Å². The monoisotopic (exact) mass is 492 g/mol. The molecule has 2 aliphatic heterocycles. The summed E-state index contributed by atoms with van der Waals surface area (Å²) >= 11 is 0. The predicted octanol–water partition coefficient (Wildman–Crippen LogP) is 1.51. The van der Waals surface area contributed by atoms with Crippen LogP contribution in [0, 0.1) is 35.5 Å². The Kier molecular flexibility index (Phi) is 8.28. The van der Waals surface area contributed by atoms with Crippen molar-refractivity contribution in [2.75, 3.05) is 13.1 Å². The molecular formula is C28H33FN4O3. The van der Waals surface area contributed by atoms with Crippen LogP contribution in [0.5, 0.6) is 0 Å². The van der Waals surface area contributed by atoms with Gasteiger partial charge in [0, 0.05) is 49.5 Å². The van der Waals surface area contributed by atoms with Crippen molar-refractivity contribution in [3.8, 4) is 23.7 Å². The number of likely N-dealkylation sites (tertiary alicyclic amines) is 1. The molecule has 1 saturated carbocycles. The lowest BCUT2D eigenvalue weighted by Crippen LogP contribution is -2.47. The third-order valence-corrected chi connectivity index (χ3v) is 6.66. The standard InChI is InChI=1S/C28H33FN4O3/c1-18(2)28(36)33-17-23(32-26(34)24-13-22(29)16-30-24)14-25(33)27(35)31-15-21-11-9-20(10-12-21)6-4-3-5-19-7-8-19/h9-12,18-19,22-25,30H,7-8,13-17H2,1-2H3,(H,31,35)(H,32,34)/t22-,23-,24+,25-/m1/s1. The van der Waals surface area contributed by atoms with E-state index in [0.717, 1.165) is 11.1 Å². The Morgan fingerprint density at radius 1 is 1.11 bits per heavy atom. The highest BCUT2D eigenvalue weighted by molar-refractivity contribution is 5.89. The number of hydrogen-bond donors (Lipinski definition) is 3. The van der Waals surface area contributed by atoms with Gasteiger partial charge in [0.15, 0.2) is 0 Å². The molecule has 3 amide bonds. The molecule has 0 aromatic heterocycles. The van der Waals surface area contributed by atoms with E-state index in [1.54, 1.807) is 18.7 Å². The summed E-state index contributed by atoms with van der Waals surface area (Å²) in [4.78, 5) is 39.9. The fourth-order valence-corrected chi connectivity index (χ4v) is 4.44. The van der Waals surface area contributed by atoms with Crippen molar-refractivity contribution in [3.05, 3.63) is 35.4 Å². The van der Waals surface area contributed by atoms with Crippen molar-refractivity contribution >= 4 is 17.7 Å². The van der Waals surface area contributed by atoms with Gasteiger partial charge in [-0.05, 0) is 48.8 Å². The molecule has 1 aromatic carbocycles. The molecule has 0 spiro atoms. The third-order valence-electron chi connectivity index (χ3n) is 6.66. The summed E-state index contributed by atoms with van der Waals surface area (Å²) in [6.07, 6.45) is 1.76. The summed E-state index contributed by atoms with van der Waals surface area (Å²) in [5, 5.41) is 8.69. The summed E-state index contributed by atoms with van der Waals surface area (Å²) in [6, 6.07) is 5.97. The molecule has 2 saturated heterocycles. The minimum Gasteiger partial charge on any atom is -0.350 e. The average molecular weight is 493 g/mol. The lowest BCUT2D eigenvalue weighted by Gasteiger charge is -2.25. The summed E-state index contributed by atoms with van der Waals surface area (Å²) in [7, 11) is 0. The summed E-state index contributed by atoms with van der Waals surface area (Å²) in [5.41, 5.74) is 1.77. The number of amides is 3. The van der Waals surface area contributed by atoms with Crippen LogP contribution >= 0.6 is 0 Å². The zero-order chi connectivity index (χ0) is 25.7. The van der Waals surface area contributed by atoms with Crippen molar-refractivity contribution in [1.82, 2.24) is 20.9 Å². The van der Waals surface area contributed by atoms with Gasteiger partial charge < -0.3 is 20.9 Å². The zero-order valence-electron chi connectivity index (χ0n) is 20.8. The summed E-state index contributed by atoms with van der Waals surface area (Å²) in [5.74, 6) is 11.4. The first-order valence-electron chi connectivity index (χ1n) is 12.7. The minimum atomic E-state index is -1.04. The molecule has 1 aliphatic carbocycles. The second kappa shape index (κ2) is 11.6. The van der Waals surface area contributed by atoms with Gasteiger partial charge in [0.05, 0.1) is 6.04 Å². The topological polar surface area (TPSA) is 90.5 Å². The maximum Gasteiger partial charge on any atom is 0.243 e. The first-order chi connectivity index (χ1) is 17.3. The Balaban J connectivity index is 1.32. The van der Waals surface area contributed by atoms with Gasteiger partial charge in [-0.25, -0.2) is 4.39 Å². The summed E-state index contributed by atoms with van der Waals surface area (Å²) in [6.45, 7) is 4.30. The van der Waals surface area contributed by atoms with E-state index in [2.05, 4.69) is 39.6 Å². The Labute approximate surface area is 212 Å². The molecular weight excluding hydrogens is 459 g/mol. The Morgan fingerprint density at radius 3 is 2.50 bits per heavy atom. The van der Waals surface area contributed by atoms with Crippen molar-refractivity contribution in [3.63, 3.8) is 0 Å². The fourth-order valence-electron chi connectivity index (χ4n) is 4.44. The number of carbonyl (C=O) groups excluding carboxylic acids is 3. The van der Waals surface area contributed by atoms with Crippen LogP contribution in [0.1, 0.15) is 50.7 Å². The van der Waals surface area contributed by atoms with Crippen LogP contribution in [-0.2, 0) is 20.9 Å². The van der Waals surface area contributed by atoms with E-state index in [0.29, 0.717) is 18.9 Å². The van der Waals surface area contributed by atoms with Crippen LogP contribution in [0.15, 0.2) is 24.3 Å². The molecule has 1 aromatic rings. The van der Waals surface area contributed by atoms with Crippen LogP contribution in [0.25, 0.3) is 0 Å². The number of hydrogen-bond acceptors (Lipinski definition) is 4. The molecule has 0 bridgehead atoms. The Hall–Kier alpha value is -3.36. The molecule has 190 valence electrons. The van der Waals surface area contributed by atoms with Crippen LogP contribution in [0.2, 0.25) is 0 Å².